The second kappa shape index (κ2) is 7.99. The Morgan fingerprint density at radius 1 is 1.10 bits per heavy atom. The SMILES string of the molecule is O=Cc1ccc(C#Cc2ccccc2)cc1C(=O)[NH][Al][I]. The van der Waals surface area contributed by atoms with Crippen LogP contribution >= 0.6 is 20.3 Å². The Bertz CT molecular complexity index is 720. The summed E-state index contributed by atoms with van der Waals surface area (Å²) in [6.07, 6.45) is 0.686. The first-order valence-corrected chi connectivity index (χ1v) is 10.9. The highest BCUT2D eigenvalue weighted by Gasteiger charge is 2.10. The quantitative estimate of drug-likeness (QED) is 0.372. The number of hydrogen-bond donors (Lipinski definition) is 1. The molecule has 101 valence electrons. The van der Waals surface area contributed by atoms with Gasteiger partial charge in [-0.05, 0) is 30.3 Å². The molecule has 0 fully saturated rings. The molecule has 1 N–H and O–H groups in total. The molecule has 0 atom stereocenters. The van der Waals surface area contributed by atoms with Crippen molar-refractivity contribution in [3.05, 3.63) is 70.8 Å². The van der Waals surface area contributed by atoms with Crippen molar-refractivity contribution in [2.45, 2.75) is 0 Å². The van der Waals surface area contributed by atoms with Crippen LogP contribution in [-0.4, -0.2) is 24.4 Å². The number of aldehydes is 1. The van der Waals surface area contributed by atoms with E-state index < -0.39 is 0 Å². The Morgan fingerprint density at radius 3 is 2.48 bits per heavy atom. The summed E-state index contributed by atoms with van der Waals surface area (Å²) in [5.74, 6) is 5.81. The number of halogens is 1. The lowest BCUT2D eigenvalue weighted by atomic mass is 10.0. The van der Waals surface area contributed by atoms with Gasteiger partial charge >= 0.3 is 12.2 Å². The third-order valence-electron chi connectivity index (χ3n) is 2.74. The van der Waals surface area contributed by atoms with Crippen LogP contribution in [0.15, 0.2) is 48.5 Å². The Kier molecular flexibility index (Phi) is 6.01. The molecule has 2 rings (SSSR count). The van der Waals surface area contributed by atoms with Crippen LogP contribution in [0.4, 0.5) is 0 Å². The third-order valence-corrected chi connectivity index (χ3v) is 4.04. The maximum Gasteiger partial charge on any atom is 0.473 e. The van der Waals surface area contributed by atoms with Crippen molar-refractivity contribution in [1.82, 2.24) is 4.30 Å². The van der Waals surface area contributed by atoms with Gasteiger partial charge in [0.05, 0.1) is 0 Å². The summed E-state index contributed by atoms with van der Waals surface area (Å²) in [6, 6.07) is 14.6. The Labute approximate surface area is 140 Å². The minimum Gasteiger partial charge on any atom is -0.440 e. The summed E-state index contributed by atoms with van der Waals surface area (Å²) in [5, 5.41) is 0. The number of nitrogens with one attached hydrogen (secondary N) is 1. The van der Waals surface area contributed by atoms with Gasteiger partial charge in [-0.3, -0.25) is 9.59 Å². The van der Waals surface area contributed by atoms with Crippen molar-refractivity contribution in [2.75, 3.05) is 0 Å². The van der Waals surface area contributed by atoms with E-state index in [2.05, 4.69) is 36.4 Å². The van der Waals surface area contributed by atoms with E-state index in [1.165, 1.54) is 0 Å². The van der Waals surface area contributed by atoms with E-state index in [0.717, 1.165) is 5.56 Å². The van der Waals surface area contributed by atoms with Crippen LogP contribution in [0.5, 0.6) is 0 Å². The molecule has 0 saturated heterocycles. The summed E-state index contributed by atoms with van der Waals surface area (Å²) in [6.45, 7) is 0. The molecule has 21 heavy (non-hydrogen) atoms. The molecule has 0 unspecified atom stereocenters. The van der Waals surface area contributed by atoms with Gasteiger partial charge in [0.25, 0.3) is 0 Å². The van der Waals surface area contributed by atoms with Crippen molar-refractivity contribution in [1.29, 1.82) is 0 Å². The first-order chi connectivity index (χ1) is 10.2. The van der Waals surface area contributed by atoms with E-state index in [1.807, 2.05) is 30.3 Å². The molecule has 0 heterocycles. The summed E-state index contributed by atoms with van der Waals surface area (Å²) in [7, 11) is 0. The van der Waals surface area contributed by atoms with Gasteiger partial charge in [-0.1, -0.05) is 30.0 Å². The summed E-state index contributed by atoms with van der Waals surface area (Å²) in [5.41, 5.74) is 2.36. The Balaban J connectivity index is 2.34. The van der Waals surface area contributed by atoms with Crippen molar-refractivity contribution in [3.8, 4) is 11.8 Å². The molecule has 0 bridgehead atoms. The van der Waals surface area contributed by atoms with Gasteiger partial charge in [-0.25, -0.2) is 0 Å². The van der Waals surface area contributed by atoms with Crippen LogP contribution < -0.4 is 4.30 Å². The number of amides is 1. The fraction of sp³-hybridized carbons (Fsp3) is 0. The first kappa shape index (κ1) is 15.8. The average Bonchev–Trinajstić information content (AvgIpc) is 2.54. The van der Waals surface area contributed by atoms with Crippen molar-refractivity contribution in [3.63, 3.8) is 0 Å². The lowest BCUT2D eigenvalue weighted by Crippen LogP contribution is -2.25. The molecule has 2 aromatic rings. The van der Waals surface area contributed by atoms with E-state index in [0.29, 0.717) is 23.0 Å². The molecule has 0 aliphatic heterocycles. The van der Waals surface area contributed by atoms with Crippen molar-refractivity contribution in [2.24, 2.45) is 0 Å². The number of hydrogen-bond acceptors (Lipinski definition) is 2. The maximum absolute atomic E-state index is 11.9. The van der Waals surface area contributed by atoms with E-state index in [1.54, 1.807) is 18.2 Å². The lowest BCUT2D eigenvalue weighted by molar-refractivity contribution is 0.0975. The van der Waals surface area contributed by atoms with Crippen LogP contribution in [0.1, 0.15) is 31.8 Å². The maximum atomic E-state index is 11.9. The van der Waals surface area contributed by atoms with Crippen LogP contribution in [0.3, 0.4) is 0 Å². The fourth-order valence-electron chi connectivity index (χ4n) is 1.73. The first-order valence-electron chi connectivity index (χ1n) is 6.13. The Morgan fingerprint density at radius 2 is 1.81 bits per heavy atom. The molecule has 1 radical (unpaired) electrons. The predicted molar refractivity (Wildman–Crippen MR) is 91.5 cm³/mol. The highest BCUT2D eigenvalue weighted by atomic mass is 127. The highest BCUT2D eigenvalue weighted by Crippen LogP contribution is 2.10. The minimum absolute atomic E-state index is 0.196. The molecule has 1 amide bonds. The van der Waals surface area contributed by atoms with E-state index >= 15 is 0 Å². The minimum atomic E-state index is -0.232. The van der Waals surface area contributed by atoms with Gasteiger partial charge in [0.2, 0.25) is 5.91 Å². The zero-order valence-corrected chi connectivity index (χ0v) is 14.3. The van der Waals surface area contributed by atoms with Crippen LogP contribution in [0.25, 0.3) is 0 Å². The summed E-state index contributed by atoms with van der Waals surface area (Å²) < 4.78 is 2.76. The predicted octanol–water partition coefficient (Wildman–Crippen LogP) is 2.60. The van der Waals surface area contributed by atoms with Crippen molar-refractivity contribution >= 4 is 44.6 Å². The number of rotatable bonds is 3. The van der Waals surface area contributed by atoms with Crippen LogP contribution in [0.2, 0.25) is 0 Å². The lowest BCUT2D eigenvalue weighted by Gasteiger charge is -2.05. The van der Waals surface area contributed by atoms with E-state index in [9.17, 15) is 9.59 Å². The second-order valence-electron chi connectivity index (χ2n) is 4.12. The molecule has 0 aliphatic carbocycles. The van der Waals surface area contributed by atoms with Crippen LogP contribution in [-0.2, 0) is 0 Å². The zero-order valence-electron chi connectivity index (χ0n) is 11.0. The van der Waals surface area contributed by atoms with Crippen molar-refractivity contribution < 1.29 is 9.59 Å². The summed E-state index contributed by atoms with van der Waals surface area (Å²) >= 11 is 1.92. The molecular formula is C16H10AlINO2. The van der Waals surface area contributed by atoms with E-state index in [-0.39, 0.29) is 18.1 Å². The molecule has 0 spiro atoms. The molecule has 2 aromatic carbocycles. The summed E-state index contributed by atoms with van der Waals surface area (Å²) in [4.78, 5) is 23.0. The van der Waals surface area contributed by atoms with Gasteiger partial charge in [0.15, 0.2) is 6.29 Å². The third kappa shape index (κ3) is 4.44. The molecule has 0 aromatic heterocycles. The normalized spacial score (nSPS) is 9.19. The zero-order chi connectivity index (χ0) is 15.1. The van der Waals surface area contributed by atoms with Gasteiger partial charge in [-0.2, -0.15) is 20.3 Å². The number of carbonyl (C=O) groups excluding carboxylic acids is 2. The highest BCUT2D eigenvalue weighted by molar-refractivity contribution is 14.1. The van der Waals surface area contributed by atoms with Gasteiger partial charge in [0, 0.05) is 22.3 Å². The molecule has 0 aliphatic rings. The second-order valence-corrected chi connectivity index (χ2v) is 6.49. The molecular weight excluding hydrogens is 392 g/mol. The molecule has 5 heteroatoms. The average molecular weight is 402 g/mol. The van der Waals surface area contributed by atoms with Gasteiger partial charge < -0.3 is 4.30 Å². The fourth-order valence-corrected chi connectivity index (χ4v) is 2.83. The number of benzene rings is 2. The number of carbonyl (C=O) groups is 2. The monoisotopic (exact) mass is 402 g/mol. The van der Waals surface area contributed by atoms with Gasteiger partial charge in [-0.15, -0.1) is 0 Å². The Hall–Kier alpha value is -1.60. The molecule has 0 saturated carbocycles. The van der Waals surface area contributed by atoms with Gasteiger partial charge in [0.1, 0.15) is 0 Å². The molecule has 3 nitrogen and oxygen atoms in total. The largest absolute Gasteiger partial charge is 0.473 e. The standard InChI is InChI=1S/C16H11NO2.Al.HI/c17-16(19)15-10-13(8-9-14(15)11-18)7-6-12-4-2-1-3-5-12;;/h1-5,8-11H,(H2,17,19);;1H/q;+2;/p-2. The smallest absolute Gasteiger partial charge is 0.440 e. The van der Waals surface area contributed by atoms with Crippen LogP contribution in [0, 0.1) is 11.8 Å². The topological polar surface area (TPSA) is 46.2 Å². The van der Waals surface area contributed by atoms with E-state index in [4.69, 9.17) is 0 Å².